The highest BCUT2D eigenvalue weighted by atomic mass is 32.1. The summed E-state index contributed by atoms with van der Waals surface area (Å²) in [6, 6.07) is 0. The molecule has 27 valence electrons. The van der Waals surface area contributed by atoms with Gasteiger partial charge in [-0.1, -0.05) is 12.2 Å². The number of hydrogen-bond acceptors (Lipinski definition) is 2. The van der Waals surface area contributed by atoms with Gasteiger partial charge >= 0.3 is 0 Å². The van der Waals surface area contributed by atoms with E-state index in [1.807, 2.05) is 0 Å². The van der Waals surface area contributed by atoms with Crippen molar-refractivity contribution in [3.05, 3.63) is 0 Å². The summed E-state index contributed by atoms with van der Waals surface area (Å²) in [6.07, 6.45) is 1.88. The van der Waals surface area contributed by atoms with Crippen LogP contribution in [0, 0.1) is 0 Å². The lowest BCUT2D eigenvalue weighted by Crippen LogP contribution is -1.66. The fraction of sp³-hybridized carbons (Fsp3) is 0.333. The molecule has 0 bridgehead atoms. The molecule has 0 N–H and O–H groups in total. The van der Waals surface area contributed by atoms with E-state index >= 15 is 0 Å². The minimum Gasteiger partial charge on any atom is -0.290 e. The molecule has 0 spiro atoms. The predicted molar refractivity (Wildman–Crippen MR) is 24.0 cm³/mol. The van der Waals surface area contributed by atoms with Crippen LogP contribution < -0.4 is 0 Å². The van der Waals surface area contributed by atoms with Crippen molar-refractivity contribution in [2.75, 3.05) is 0 Å². The topological polar surface area (TPSA) is 17.1 Å². The van der Waals surface area contributed by atoms with Crippen molar-refractivity contribution >= 4 is 23.9 Å². The Bertz CT molecular complexity index is 36.2. The lowest BCUT2D eigenvalue weighted by Gasteiger charge is -1.54. The third kappa shape index (κ3) is 3.76. The van der Waals surface area contributed by atoms with E-state index in [9.17, 15) is 4.79 Å². The van der Waals surface area contributed by atoms with Gasteiger partial charge in [0.25, 0.3) is 0 Å². The van der Waals surface area contributed by atoms with Crippen LogP contribution in [0.25, 0.3) is 0 Å². The van der Waals surface area contributed by atoms with Gasteiger partial charge in [-0.2, -0.15) is 0 Å². The Balaban J connectivity index is 2.65. The first-order valence-corrected chi connectivity index (χ1v) is 1.67. The molecular weight excluding hydrogens is 84.1 g/mol. The molecule has 2 heteroatoms. The molecule has 0 heterocycles. The zero-order valence-electron chi connectivity index (χ0n) is 2.60. The molecule has 0 aliphatic heterocycles. The van der Waals surface area contributed by atoms with Crippen molar-refractivity contribution in [3.8, 4) is 0 Å². The van der Waals surface area contributed by atoms with Crippen LogP contribution in [-0.2, 0) is 4.79 Å². The molecule has 0 rings (SSSR count). The summed E-state index contributed by atoms with van der Waals surface area (Å²) in [4.78, 5) is 9.18. The van der Waals surface area contributed by atoms with Gasteiger partial charge in [0.15, 0.2) is 0 Å². The van der Waals surface area contributed by atoms with Gasteiger partial charge < -0.3 is 0 Å². The second-order valence-electron chi connectivity index (χ2n) is 0.515. The molecule has 1 nitrogen and oxygen atoms in total. The first-order valence-electron chi connectivity index (χ1n) is 1.20. The summed E-state index contributed by atoms with van der Waals surface area (Å²) < 4.78 is 0. The third-order valence-electron chi connectivity index (χ3n) is 0.167. The maximum absolute atomic E-state index is 9.18. The van der Waals surface area contributed by atoms with Gasteiger partial charge in [-0.15, -0.1) is 0 Å². The molecule has 0 unspecified atom stereocenters. The van der Waals surface area contributed by atoms with Crippen molar-refractivity contribution in [1.29, 1.82) is 0 Å². The summed E-state index contributed by atoms with van der Waals surface area (Å²) in [7, 11) is 0. The standard InChI is InChI=1S/C3H3OS/c4-2-1-3-5/h3H,1H2. The lowest BCUT2D eigenvalue weighted by molar-refractivity contribution is 0.557. The average Bonchev–Trinajstić information content (AvgIpc) is 1.41. The summed E-state index contributed by atoms with van der Waals surface area (Å²) in [6.45, 7) is 0. The fourth-order valence-corrected chi connectivity index (χ4v) is 0.102. The number of thiocarbonyl (C=S) groups is 1. The smallest absolute Gasteiger partial charge is 0.203 e. The van der Waals surface area contributed by atoms with E-state index in [0.29, 0.717) is 0 Å². The Morgan fingerprint density at radius 2 is 2.60 bits per heavy atom. The van der Waals surface area contributed by atoms with Crippen LogP contribution in [0.1, 0.15) is 6.42 Å². The van der Waals surface area contributed by atoms with Crippen molar-refractivity contribution < 1.29 is 4.79 Å². The highest BCUT2D eigenvalue weighted by Gasteiger charge is 1.63. The van der Waals surface area contributed by atoms with Crippen molar-refractivity contribution in [2.24, 2.45) is 0 Å². The van der Waals surface area contributed by atoms with Crippen molar-refractivity contribution in [1.82, 2.24) is 0 Å². The first kappa shape index (κ1) is 4.76. The van der Waals surface area contributed by atoms with Gasteiger partial charge in [0.2, 0.25) is 6.29 Å². The van der Waals surface area contributed by atoms with Crippen LogP contribution in [-0.4, -0.2) is 11.7 Å². The Hall–Kier alpha value is -0.240. The van der Waals surface area contributed by atoms with Crippen LogP contribution in [0.15, 0.2) is 0 Å². The molecule has 0 aromatic rings. The molecule has 0 saturated carbocycles. The molecule has 0 fully saturated rings. The van der Waals surface area contributed by atoms with Crippen molar-refractivity contribution in [3.63, 3.8) is 0 Å². The van der Waals surface area contributed by atoms with E-state index in [0.717, 1.165) is 0 Å². The van der Waals surface area contributed by atoms with Crippen LogP contribution in [0.5, 0.6) is 0 Å². The predicted octanol–water partition coefficient (Wildman–Crippen LogP) is 0.486. The van der Waals surface area contributed by atoms with Gasteiger partial charge in [-0.3, -0.25) is 4.79 Å². The van der Waals surface area contributed by atoms with E-state index in [-0.39, 0.29) is 6.42 Å². The maximum atomic E-state index is 9.18. The van der Waals surface area contributed by atoms with E-state index in [1.54, 1.807) is 6.29 Å². The van der Waals surface area contributed by atoms with Crippen LogP contribution >= 0.6 is 12.2 Å². The number of rotatable bonds is 2. The van der Waals surface area contributed by atoms with E-state index in [2.05, 4.69) is 12.2 Å². The van der Waals surface area contributed by atoms with E-state index in [1.165, 1.54) is 5.37 Å². The van der Waals surface area contributed by atoms with Crippen LogP contribution in [0.4, 0.5) is 0 Å². The van der Waals surface area contributed by atoms with Crippen molar-refractivity contribution in [2.45, 2.75) is 6.42 Å². The van der Waals surface area contributed by atoms with Gasteiger partial charge in [-0.25, -0.2) is 0 Å². The fourth-order valence-electron chi connectivity index (χ4n) is 0.0340. The monoisotopic (exact) mass is 87.0 g/mol. The zero-order valence-corrected chi connectivity index (χ0v) is 3.42. The van der Waals surface area contributed by atoms with Crippen LogP contribution in [0.3, 0.4) is 0 Å². The summed E-state index contributed by atoms with van der Waals surface area (Å²) in [5, 5.41) is 1.34. The molecule has 5 heavy (non-hydrogen) atoms. The van der Waals surface area contributed by atoms with Gasteiger partial charge in [0.1, 0.15) is 0 Å². The molecule has 1 radical (unpaired) electrons. The molecular formula is C3H3OS. The molecule has 0 amide bonds. The van der Waals surface area contributed by atoms with E-state index < -0.39 is 0 Å². The second-order valence-corrected chi connectivity index (χ2v) is 0.848. The summed E-state index contributed by atoms with van der Waals surface area (Å²) >= 11 is 4.26. The Morgan fingerprint density at radius 3 is 2.60 bits per heavy atom. The average molecular weight is 87.1 g/mol. The van der Waals surface area contributed by atoms with Crippen LogP contribution in [0.2, 0.25) is 0 Å². The zero-order chi connectivity index (χ0) is 4.12. The Kier molecular flexibility index (Phi) is 3.58. The van der Waals surface area contributed by atoms with Gasteiger partial charge in [0, 0.05) is 6.42 Å². The Labute approximate surface area is 36.0 Å². The normalized spacial score (nSPS) is 6.40. The van der Waals surface area contributed by atoms with E-state index in [4.69, 9.17) is 0 Å². The molecule has 0 saturated heterocycles. The molecule has 0 atom stereocenters. The maximum Gasteiger partial charge on any atom is 0.203 e. The number of carbonyl (C=O) groups excluding carboxylic acids is 1. The SMILES string of the molecule is O=[C]CC=S. The molecule has 0 aliphatic carbocycles. The summed E-state index contributed by atoms with van der Waals surface area (Å²) in [5.41, 5.74) is 0. The Morgan fingerprint density at radius 1 is 2.00 bits per heavy atom. The molecule has 0 aliphatic rings. The molecule has 0 aromatic heterocycles. The highest BCUT2D eigenvalue weighted by molar-refractivity contribution is 7.79. The van der Waals surface area contributed by atoms with Gasteiger partial charge in [-0.05, 0) is 5.37 Å². The first-order chi connectivity index (χ1) is 2.41. The largest absolute Gasteiger partial charge is 0.290 e. The minimum absolute atomic E-state index is 0.273. The summed E-state index contributed by atoms with van der Waals surface area (Å²) in [5.74, 6) is 0. The molecule has 0 aromatic carbocycles. The number of hydrogen-bond donors (Lipinski definition) is 0. The highest BCUT2D eigenvalue weighted by Crippen LogP contribution is 1.57. The second kappa shape index (κ2) is 3.76. The van der Waals surface area contributed by atoms with Gasteiger partial charge in [0.05, 0.1) is 0 Å². The lowest BCUT2D eigenvalue weighted by atomic mass is 10.6. The third-order valence-corrected chi connectivity index (χ3v) is 0.333. The quantitative estimate of drug-likeness (QED) is 0.456. The minimum atomic E-state index is 0.273.